The highest BCUT2D eigenvalue weighted by atomic mass is 19.1. The Morgan fingerprint density at radius 1 is 1.26 bits per heavy atom. The third-order valence-corrected chi connectivity index (χ3v) is 4.89. The zero-order valence-electron chi connectivity index (χ0n) is 16.0. The van der Waals surface area contributed by atoms with Gasteiger partial charge in [-0.05, 0) is 50.7 Å². The van der Waals surface area contributed by atoms with Crippen molar-refractivity contribution < 1.29 is 13.5 Å². The van der Waals surface area contributed by atoms with Gasteiger partial charge in [-0.2, -0.15) is 0 Å². The minimum absolute atomic E-state index is 0.0663. The Balaban J connectivity index is 1.45. The lowest BCUT2D eigenvalue weighted by atomic mass is 10.2. The van der Waals surface area contributed by atoms with Crippen molar-refractivity contribution in [2.45, 2.75) is 38.6 Å². The summed E-state index contributed by atoms with van der Waals surface area (Å²) in [5.74, 6) is 0.516. The maximum absolute atomic E-state index is 14.0. The van der Waals surface area contributed by atoms with E-state index in [1.807, 2.05) is 6.92 Å². The predicted molar refractivity (Wildman–Crippen MR) is 104 cm³/mol. The Kier molecular flexibility index (Phi) is 7.26. The van der Waals surface area contributed by atoms with Crippen LogP contribution < -0.4 is 15.5 Å². The lowest BCUT2D eigenvalue weighted by Gasteiger charge is -2.21. The van der Waals surface area contributed by atoms with Crippen molar-refractivity contribution in [3.8, 4) is 0 Å². The van der Waals surface area contributed by atoms with Crippen molar-refractivity contribution in [3.63, 3.8) is 0 Å². The second-order valence-corrected chi connectivity index (χ2v) is 7.28. The molecule has 2 N–H and O–H groups in total. The van der Waals surface area contributed by atoms with E-state index in [1.165, 1.54) is 31.0 Å². The maximum atomic E-state index is 14.0. The van der Waals surface area contributed by atoms with Crippen molar-refractivity contribution in [2.24, 2.45) is 10.9 Å². The average molecular weight is 380 g/mol. The molecule has 0 radical (unpaired) electrons. The van der Waals surface area contributed by atoms with E-state index in [1.54, 1.807) is 4.90 Å². The van der Waals surface area contributed by atoms with Gasteiger partial charge in [-0.3, -0.25) is 4.99 Å². The third-order valence-electron chi connectivity index (χ3n) is 4.89. The molecule has 1 atom stereocenters. The lowest BCUT2D eigenvalue weighted by Crippen LogP contribution is -2.44. The van der Waals surface area contributed by atoms with Crippen LogP contribution in [0.1, 0.15) is 32.6 Å². The monoisotopic (exact) mass is 380 g/mol. The number of nitrogens with zero attached hydrogens (tertiary/aromatic N) is 2. The summed E-state index contributed by atoms with van der Waals surface area (Å²) in [6.45, 7) is 6.26. The van der Waals surface area contributed by atoms with E-state index in [-0.39, 0.29) is 11.7 Å². The van der Waals surface area contributed by atoms with E-state index >= 15 is 0 Å². The molecular formula is C20H30F2N4O. The van der Waals surface area contributed by atoms with Gasteiger partial charge in [0.2, 0.25) is 0 Å². The number of guanidine groups is 1. The minimum Gasteiger partial charge on any atom is -0.381 e. The number of para-hydroxylation sites is 1. The number of anilines is 1. The molecule has 1 saturated carbocycles. The number of nitrogens with one attached hydrogen (secondary N) is 2. The van der Waals surface area contributed by atoms with Crippen LogP contribution in [0.25, 0.3) is 0 Å². The molecule has 1 saturated heterocycles. The lowest BCUT2D eigenvalue weighted by molar-refractivity contribution is 0.123. The van der Waals surface area contributed by atoms with Crippen molar-refractivity contribution in [1.29, 1.82) is 0 Å². The number of aliphatic imine (C=N–C) groups is 1. The molecule has 1 aliphatic carbocycles. The Hall–Kier alpha value is -1.89. The Morgan fingerprint density at radius 3 is 2.74 bits per heavy atom. The quantitative estimate of drug-likeness (QED) is 0.393. The smallest absolute Gasteiger partial charge is 0.191 e. The highest BCUT2D eigenvalue weighted by molar-refractivity contribution is 5.80. The Labute approximate surface area is 160 Å². The fraction of sp³-hybridized carbons (Fsp3) is 0.650. The predicted octanol–water partition coefficient (Wildman–Crippen LogP) is 2.92. The number of ether oxygens (including phenoxy) is 1. The van der Waals surface area contributed by atoms with Crippen molar-refractivity contribution in [2.75, 3.05) is 44.3 Å². The molecule has 1 heterocycles. The van der Waals surface area contributed by atoms with Crippen LogP contribution in [0.3, 0.4) is 0 Å². The number of hydrogen-bond donors (Lipinski definition) is 2. The molecule has 27 heavy (non-hydrogen) atoms. The molecule has 0 aromatic heterocycles. The topological polar surface area (TPSA) is 48.9 Å². The molecule has 2 fully saturated rings. The molecule has 1 aliphatic heterocycles. The molecule has 0 amide bonds. The average Bonchev–Trinajstić information content (AvgIpc) is 3.36. The van der Waals surface area contributed by atoms with Crippen LogP contribution in [-0.2, 0) is 4.74 Å². The molecule has 150 valence electrons. The van der Waals surface area contributed by atoms with Gasteiger partial charge in [0.1, 0.15) is 17.3 Å². The first kappa shape index (κ1) is 19.9. The van der Waals surface area contributed by atoms with Crippen LogP contribution in [0.4, 0.5) is 14.5 Å². The number of halogens is 2. The summed E-state index contributed by atoms with van der Waals surface area (Å²) in [5, 5.41) is 6.62. The summed E-state index contributed by atoms with van der Waals surface area (Å²) < 4.78 is 33.6. The SMILES string of the molecule is CCNC(=NCCCOCC1CC1)NC1CCN(c2c(F)cccc2F)C1. The third kappa shape index (κ3) is 6.06. The van der Waals surface area contributed by atoms with Crippen LogP contribution >= 0.6 is 0 Å². The van der Waals surface area contributed by atoms with Crippen molar-refractivity contribution in [1.82, 2.24) is 10.6 Å². The zero-order chi connectivity index (χ0) is 19.1. The first-order chi connectivity index (χ1) is 13.2. The molecule has 5 nitrogen and oxygen atoms in total. The van der Waals surface area contributed by atoms with Gasteiger partial charge in [-0.15, -0.1) is 0 Å². The fourth-order valence-corrected chi connectivity index (χ4v) is 3.28. The van der Waals surface area contributed by atoms with Crippen LogP contribution in [0, 0.1) is 17.6 Å². The first-order valence-electron chi connectivity index (χ1n) is 9.99. The van der Waals surface area contributed by atoms with E-state index in [4.69, 9.17) is 4.74 Å². The summed E-state index contributed by atoms with van der Waals surface area (Å²) in [5.41, 5.74) is 0.0663. The van der Waals surface area contributed by atoms with Crippen molar-refractivity contribution in [3.05, 3.63) is 29.8 Å². The molecule has 0 bridgehead atoms. The summed E-state index contributed by atoms with van der Waals surface area (Å²) in [7, 11) is 0. The normalized spacial score (nSPS) is 20.2. The van der Waals surface area contributed by atoms with Crippen LogP contribution in [0.2, 0.25) is 0 Å². The molecular weight excluding hydrogens is 350 g/mol. The van der Waals surface area contributed by atoms with E-state index in [9.17, 15) is 8.78 Å². The van der Waals surface area contributed by atoms with E-state index < -0.39 is 11.6 Å². The second kappa shape index (κ2) is 9.88. The van der Waals surface area contributed by atoms with Gasteiger partial charge < -0.3 is 20.3 Å². The first-order valence-corrected chi connectivity index (χ1v) is 9.99. The van der Waals surface area contributed by atoms with Crippen LogP contribution in [0.5, 0.6) is 0 Å². The second-order valence-electron chi connectivity index (χ2n) is 7.28. The molecule has 2 aliphatic rings. The summed E-state index contributed by atoms with van der Waals surface area (Å²) in [6, 6.07) is 4.10. The Morgan fingerprint density at radius 2 is 2.04 bits per heavy atom. The highest BCUT2D eigenvalue weighted by Crippen LogP contribution is 2.28. The van der Waals surface area contributed by atoms with Gasteiger partial charge in [0.25, 0.3) is 0 Å². The fourth-order valence-electron chi connectivity index (χ4n) is 3.28. The largest absolute Gasteiger partial charge is 0.381 e. The van der Waals surface area contributed by atoms with Gasteiger partial charge in [0, 0.05) is 45.4 Å². The van der Waals surface area contributed by atoms with E-state index in [2.05, 4.69) is 15.6 Å². The molecule has 1 aromatic rings. The van der Waals surface area contributed by atoms with Crippen molar-refractivity contribution >= 4 is 11.6 Å². The van der Waals surface area contributed by atoms with Gasteiger partial charge in [0.05, 0.1) is 0 Å². The van der Waals surface area contributed by atoms with Gasteiger partial charge >= 0.3 is 0 Å². The van der Waals surface area contributed by atoms with E-state index in [0.29, 0.717) is 19.6 Å². The number of rotatable bonds is 9. The summed E-state index contributed by atoms with van der Waals surface area (Å²) in [4.78, 5) is 6.35. The van der Waals surface area contributed by atoms with Gasteiger partial charge in [-0.1, -0.05) is 6.07 Å². The van der Waals surface area contributed by atoms with Gasteiger partial charge in [0.15, 0.2) is 5.96 Å². The molecule has 3 rings (SSSR count). The highest BCUT2D eigenvalue weighted by Gasteiger charge is 2.27. The van der Waals surface area contributed by atoms with Crippen LogP contribution in [-0.4, -0.2) is 51.4 Å². The summed E-state index contributed by atoms with van der Waals surface area (Å²) in [6.07, 6.45) is 4.31. The molecule has 1 aromatic carbocycles. The number of benzene rings is 1. The molecule has 1 unspecified atom stereocenters. The number of hydrogen-bond acceptors (Lipinski definition) is 3. The maximum Gasteiger partial charge on any atom is 0.191 e. The van der Waals surface area contributed by atoms with Gasteiger partial charge in [-0.25, -0.2) is 8.78 Å². The summed E-state index contributed by atoms with van der Waals surface area (Å²) >= 11 is 0. The Bertz CT molecular complexity index is 616. The minimum atomic E-state index is -0.512. The molecule has 0 spiro atoms. The zero-order valence-corrected chi connectivity index (χ0v) is 16.0. The van der Waals surface area contributed by atoms with Crippen LogP contribution in [0.15, 0.2) is 23.2 Å². The standard InChI is InChI=1S/C20H30F2N4O/c1-2-23-20(24-10-4-12-27-14-15-7-8-15)25-16-9-11-26(13-16)19-17(21)5-3-6-18(19)22/h3,5-6,15-16H,2,4,7-14H2,1H3,(H2,23,24,25). The van der Waals surface area contributed by atoms with E-state index in [0.717, 1.165) is 44.5 Å². The molecule has 7 heteroatoms.